The molecule has 2 aromatic carbocycles. The van der Waals surface area contributed by atoms with Crippen LogP contribution in [0.15, 0.2) is 54.9 Å². The Morgan fingerprint density at radius 1 is 0.800 bits per heavy atom. The molecule has 0 aliphatic heterocycles. The predicted octanol–water partition coefficient (Wildman–Crippen LogP) is 6.03. The molecule has 0 aliphatic rings. The van der Waals surface area contributed by atoms with Crippen molar-refractivity contribution in [2.45, 2.75) is 20.8 Å². The number of aryl methyl sites for hydroxylation is 3. The molecule has 0 radical (unpaired) electrons. The molecule has 124 valence electrons. The van der Waals surface area contributed by atoms with Crippen LogP contribution in [-0.2, 0) is 0 Å². The molecular formula is C21H19N3S. The van der Waals surface area contributed by atoms with Crippen LogP contribution in [0.2, 0.25) is 0 Å². The summed E-state index contributed by atoms with van der Waals surface area (Å²) < 4.78 is 0. The Labute approximate surface area is 151 Å². The second kappa shape index (κ2) is 6.30. The van der Waals surface area contributed by atoms with Gasteiger partial charge in [0.05, 0.1) is 5.39 Å². The van der Waals surface area contributed by atoms with Crippen molar-refractivity contribution >= 4 is 33.1 Å². The Hall–Kier alpha value is -2.72. The summed E-state index contributed by atoms with van der Waals surface area (Å²) in [4.78, 5) is 11.3. The minimum atomic E-state index is 0.855. The average Bonchev–Trinajstić information content (AvgIpc) is 2.95. The monoisotopic (exact) mass is 345 g/mol. The van der Waals surface area contributed by atoms with Crippen LogP contribution in [0.3, 0.4) is 0 Å². The molecule has 25 heavy (non-hydrogen) atoms. The van der Waals surface area contributed by atoms with Gasteiger partial charge in [-0.1, -0.05) is 47.5 Å². The van der Waals surface area contributed by atoms with Crippen molar-refractivity contribution in [3.05, 3.63) is 70.9 Å². The number of thiophene rings is 1. The van der Waals surface area contributed by atoms with Gasteiger partial charge in [-0.2, -0.15) is 0 Å². The largest absolute Gasteiger partial charge is 0.340 e. The second-order valence-electron chi connectivity index (χ2n) is 6.29. The zero-order chi connectivity index (χ0) is 17.4. The summed E-state index contributed by atoms with van der Waals surface area (Å²) in [5.41, 5.74) is 5.95. The molecule has 0 aliphatic carbocycles. The van der Waals surface area contributed by atoms with Crippen LogP contribution in [0.4, 0.5) is 11.5 Å². The van der Waals surface area contributed by atoms with E-state index in [1.807, 2.05) is 0 Å². The van der Waals surface area contributed by atoms with E-state index in [1.54, 1.807) is 17.7 Å². The van der Waals surface area contributed by atoms with Crippen LogP contribution < -0.4 is 5.32 Å². The summed E-state index contributed by atoms with van der Waals surface area (Å²) >= 11 is 1.71. The molecule has 0 bridgehead atoms. The van der Waals surface area contributed by atoms with Gasteiger partial charge in [0.1, 0.15) is 17.0 Å². The summed E-state index contributed by atoms with van der Waals surface area (Å²) in [6.45, 7) is 6.34. The summed E-state index contributed by atoms with van der Waals surface area (Å²) in [6, 6.07) is 17.0. The van der Waals surface area contributed by atoms with Crippen molar-refractivity contribution in [1.29, 1.82) is 0 Å². The number of rotatable bonds is 3. The van der Waals surface area contributed by atoms with Crippen LogP contribution in [-0.4, -0.2) is 9.97 Å². The van der Waals surface area contributed by atoms with Crippen molar-refractivity contribution in [3.8, 4) is 11.1 Å². The van der Waals surface area contributed by atoms with Gasteiger partial charge in [0.2, 0.25) is 0 Å². The van der Waals surface area contributed by atoms with Gasteiger partial charge >= 0.3 is 0 Å². The van der Waals surface area contributed by atoms with E-state index in [2.05, 4.69) is 84.6 Å². The standard InChI is InChI=1S/C21H19N3S/c1-13-4-8-16(9-5-13)18-15(3)25-21-19(18)20(22-12-23-21)24-17-10-6-14(2)7-11-17/h4-12H,1-3H3,(H,22,23,24). The quantitative estimate of drug-likeness (QED) is 0.493. The maximum Gasteiger partial charge on any atom is 0.143 e. The van der Waals surface area contributed by atoms with E-state index in [0.717, 1.165) is 21.7 Å². The van der Waals surface area contributed by atoms with E-state index in [9.17, 15) is 0 Å². The zero-order valence-corrected chi connectivity index (χ0v) is 15.3. The fraction of sp³-hybridized carbons (Fsp3) is 0.143. The molecule has 0 amide bonds. The number of nitrogens with zero attached hydrogens (tertiary/aromatic N) is 2. The van der Waals surface area contributed by atoms with E-state index in [-0.39, 0.29) is 0 Å². The van der Waals surface area contributed by atoms with Gasteiger partial charge in [-0.25, -0.2) is 9.97 Å². The highest BCUT2D eigenvalue weighted by molar-refractivity contribution is 7.19. The van der Waals surface area contributed by atoms with Gasteiger partial charge in [0.25, 0.3) is 0 Å². The van der Waals surface area contributed by atoms with Gasteiger partial charge in [0, 0.05) is 16.1 Å². The number of aromatic nitrogens is 2. The Morgan fingerprint density at radius 3 is 2.12 bits per heavy atom. The van der Waals surface area contributed by atoms with Gasteiger partial charge in [-0.3, -0.25) is 0 Å². The number of anilines is 2. The third-order valence-electron chi connectivity index (χ3n) is 4.32. The van der Waals surface area contributed by atoms with Crippen molar-refractivity contribution in [3.63, 3.8) is 0 Å². The van der Waals surface area contributed by atoms with E-state index in [4.69, 9.17) is 0 Å². The number of fused-ring (bicyclic) bond motifs is 1. The van der Waals surface area contributed by atoms with E-state index < -0.39 is 0 Å². The Morgan fingerprint density at radius 2 is 1.44 bits per heavy atom. The second-order valence-corrected chi connectivity index (χ2v) is 7.50. The summed E-state index contributed by atoms with van der Waals surface area (Å²) in [6.07, 6.45) is 1.63. The van der Waals surface area contributed by atoms with Crippen molar-refractivity contribution < 1.29 is 0 Å². The lowest BCUT2D eigenvalue weighted by atomic mass is 10.0. The highest BCUT2D eigenvalue weighted by atomic mass is 32.1. The molecule has 0 fully saturated rings. The molecule has 4 heteroatoms. The molecule has 3 nitrogen and oxygen atoms in total. The Kier molecular flexibility index (Phi) is 3.98. The first-order valence-corrected chi connectivity index (χ1v) is 9.08. The third kappa shape index (κ3) is 3.01. The Bertz CT molecular complexity index is 1030. The van der Waals surface area contributed by atoms with Crippen LogP contribution in [0.25, 0.3) is 21.3 Å². The molecule has 0 unspecified atom stereocenters. The normalized spacial score (nSPS) is 11.0. The van der Waals surface area contributed by atoms with Crippen molar-refractivity contribution in [2.75, 3.05) is 5.32 Å². The molecule has 2 aromatic heterocycles. The molecule has 4 rings (SSSR count). The maximum atomic E-state index is 4.53. The predicted molar refractivity (Wildman–Crippen MR) is 107 cm³/mol. The SMILES string of the molecule is Cc1ccc(Nc2ncnc3sc(C)c(-c4ccc(C)cc4)c23)cc1. The smallest absolute Gasteiger partial charge is 0.143 e. The lowest BCUT2D eigenvalue weighted by Gasteiger charge is -2.09. The molecular weight excluding hydrogens is 326 g/mol. The van der Waals surface area contributed by atoms with E-state index in [0.29, 0.717) is 0 Å². The van der Waals surface area contributed by atoms with Crippen LogP contribution in [0, 0.1) is 20.8 Å². The first-order valence-electron chi connectivity index (χ1n) is 8.26. The number of benzene rings is 2. The highest BCUT2D eigenvalue weighted by Crippen LogP contribution is 2.40. The van der Waals surface area contributed by atoms with E-state index in [1.165, 1.54) is 27.1 Å². The van der Waals surface area contributed by atoms with Crippen LogP contribution in [0.1, 0.15) is 16.0 Å². The Balaban J connectivity index is 1.87. The number of hydrogen-bond donors (Lipinski definition) is 1. The zero-order valence-electron chi connectivity index (χ0n) is 14.5. The van der Waals surface area contributed by atoms with Gasteiger partial charge in [-0.15, -0.1) is 11.3 Å². The summed E-state index contributed by atoms with van der Waals surface area (Å²) in [7, 11) is 0. The number of hydrogen-bond acceptors (Lipinski definition) is 4. The lowest BCUT2D eigenvalue weighted by Crippen LogP contribution is -1.95. The summed E-state index contributed by atoms with van der Waals surface area (Å²) in [5, 5.41) is 4.56. The topological polar surface area (TPSA) is 37.8 Å². The van der Waals surface area contributed by atoms with Crippen LogP contribution >= 0.6 is 11.3 Å². The lowest BCUT2D eigenvalue weighted by molar-refractivity contribution is 1.23. The first-order chi connectivity index (χ1) is 12.1. The van der Waals surface area contributed by atoms with Crippen molar-refractivity contribution in [2.24, 2.45) is 0 Å². The highest BCUT2D eigenvalue weighted by Gasteiger charge is 2.16. The molecule has 2 heterocycles. The van der Waals surface area contributed by atoms with Crippen LogP contribution in [0.5, 0.6) is 0 Å². The fourth-order valence-electron chi connectivity index (χ4n) is 2.98. The van der Waals surface area contributed by atoms with E-state index >= 15 is 0 Å². The molecule has 4 aromatic rings. The molecule has 0 saturated heterocycles. The molecule has 0 atom stereocenters. The number of nitrogens with one attached hydrogen (secondary N) is 1. The molecule has 0 spiro atoms. The van der Waals surface area contributed by atoms with Gasteiger partial charge in [-0.05, 0) is 38.5 Å². The summed E-state index contributed by atoms with van der Waals surface area (Å²) in [5.74, 6) is 0.855. The maximum absolute atomic E-state index is 4.53. The fourth-order valence-corrected chi connectivity index (χ4v) is 3.99. The van der Waals surface area contributed by atoms with Gasteiger partial charge < -0.3 is 5.32 Å². The van der Waals surface area contributed by atoms with Crippen molar-refractivity contribution in [1.82, 2.24) is 9.97 Å². The average molecular weight is 345 g/mol. The minimum Gasteiger partial charge on any atom is -0.340 e. The van der Waals surface area contributed by atoms with Gasteiger partial charge in [0.15, 0.2) is 0 Å². The molecule has 1 N–H and O–H groups in total. The molecule has 0 saturated carbocycles. The first kappa shape index (κ1) is 15.8. The minimum absolute atomic E-state index is 0.855. The third-order valence-corrected chi connectivity index (χ3v) is 5.33.